The summed E-state index contributed by atoms with van der Waals surface area (Å²) >= 11 is 0. The number of aryl methyl sites for hydroxylation is 1. The Balaban J connectivity index is 2.38. The lowest BCUT2D eigenvalue weighted by molar-refractivity contribution is -0.151. The predicted molar refractivity (Wildman–Crippen MR) is 42.8 cm³/mol. The molecular formula is C6H8N6O2. The van der Waals surface area contributed by atoms with Crippen molar-refractivity contribution in [2.45, 2.75) is 13.0 Å². The summed E-state index contributed by atoms with van der Waals surface area (Å²) in [6, 6.07) is 1.77. The van der Waals surface area contributed by atoms with Gasteiger partial charge in [-0.25, -0.2) is 10.8 Å². The quantitative estimate of drug-likeness (QED) is 0.442. The van der Waals surface area contributed by atoms with E-state index in [2.05, 4.69) is 14.9 Å². The highest BCUT2D eigenvalue weighted by molar-refractivity contribution is 5.68. The summed E-state index contributed by atoms with van der Waals surface area (Å²) in [5.41, 5.74) is 1.77. The van der Waals surface area contributed by atoms with Crippen molar-refractivity contribution in [3.05, 3.63) is 12.2 Å². The maximum Gasteiger partial charge on any atom is 0.328 e. The van der Waals surface area contributed by atoms with Gasteiger partial charge in [0.15, 0.2) is 0 Å². The van der Waals surface area contributed by atoms with Gasteiger partial charge in [0.05, 0.1) is 13.0 Å². The fourth-order valence-corrected chi connectivity index (χ4v) is 0.776. The van der Waals surface area contributed by atoms with E-state index in [9.17, 15) is 4.79 Å². The number of hydrogen-bond acceptors (Lipinski definition) is 7. The Kier molecular flexibility index (Phi) is 3.54. The van der Waals surface area contributed by atoms with Gasteiger partial charge >= 0.3 is 5.97 Å². The van der Waals surface area contributed by atoms with Crippen molar-refractivity contribution in [1.29, 1.82) is 5.26 Å². The molecule has 0 radical (unpaired) electrons. The maximum atomic E-state index is 10.8. The van der Waals surface area contributed by atoms with Gasteiger partial charge in [-0.2, -0.15) is 5.26 Å². The lowest BCUT2D eigenvalue weighted by Gasteiger charge is -2.00. The van der Waals surface area contributed by atoms with E-state index in [0.717, 1.165) is 0 Å². The third kappa shape index (κ3) is 2.81. The van der Waals surface area contributed by atoms with Gasteiger partial charge in [-0.05, 0) is 0 Å². The molecule has 3 N–H and O–H groups in total. The maximum absolute atomic E-state index is 10.8. The van der Waals surface area contributed by atoms with Crippen LogP contribution in [0.1, 0.15) is 12.2 Å². The molecule has 0 aliphatic carbocycles. The zero-order valence-corrected chi connectivity index (χ0v) is 7.17. The Bertz CT molecular complexity index is 353. The molecule has 1 heterocycles. The lowest BCUT2D eigenvalue weighted by atomic mass is 10.4. The number of nitrogens with zero attached hydrogens (tertiary/aromatic N) is 4. The second-order valence-corrected chi connectivity index (χ2v) is 2.28. The number of hydrazine groups is 1. The van der Waals surface area contributed by atoms with Gasteiger partial charge < -0.3 is 4.84 Å². The summed E-state index contributed by atoms with van der Waals surface area (Å²) in [5.74, 6) is 4.31. The minimum atomic E-state index is -0.512. The third-order valence-corrected chi connectivity index (χ3v) is 1.35. The predicted octanol–water partition coefficient (Wildman–Crippen LogP) is -1.54. The van der Waals surface area contributed by atoms with Crippen LogP contribution in [0.15, 0.2) is 6.33 Å². The minimum Gasteiger partial charge on any atom is -0.356 e. The Labute approximate surface area is 79.2 Å². The average molecular weight is 196 g/mol. The molecule has 0 atom stereocenters. The van der Waals surface area contributed by atoms with Crippen LogP contribution in [0.4, 0.5) is 0 Å². The normalized spacial score (nSPS) is 9.43. The van der Waals surface area contributed by atoms with Crippen LogP contribution >= 0.6 is 0 Å². The number of hydrogen-bond donors (Lipinski definition) is 2. The Morgan fingerprint density at radius 1 is 1.86 bits per heavy atom. The summed E-state index contributed by atoms with van der Waals surface area (Å²) in [6.45, 7) is 0.287. The van der Waals surface area contributed by atoms with Gasteiger partial charge in [-0.3, -0.25) is 9.48 Å². The summed E-state index contributed by atoms with van der Waals surface area (Å²) in [5, 5.41) is 12.2. The van der Waals surface area contributed by atoms with Crippen molar-refractivity contribution in [3.63, 3.8) is 0 Å². The summed E-state index contributed by atoms with van der Waals surface area (Å²) in [6.07, 6.45) is 1.46. The largest absolute Gasteiger partial charge is 0.356 e. The highest BCUT2D eigenvalue weighted by Crippen LogP contribution is 1.91. The first-order chi connectivity index (χ1) is 6.76. The molecule has 1 aromatic heterocycles. The molecule has 8 nitrogen and oxygen atoms in total. The molecule has 0 saturated heterocycles. The smallest absolute Gasteiger partial charge is 0.328 e. The molecule has 0 saturated carbocycles. The second-order valence-electron chi connectivity index (χ2n) is 2.28. The Hall–Kier alpha value is -1.98. The molecule has 0 unspecified atom stereocenters. The second kappa shape index (κ2) is 4.90. The van der Waals surface area contributed by atoms with Crippen molar-refractivity contribution >= 4 is 5.97 Å². The van der Waals surface area contributed by atoms with Gasteiger partial charge in [-0.15, -0.1) is 5.10 Å². The van der Waals surface area contributed by atoms with E-state index in [0.29, 0.717) is 0 Å². The monoisotopic (exact) mass is 196 g/mol. The molecule has 0 bridgehead atoms. The molecule has 8 heteroatoms. The fourth-order valence-electron chi connectivity index (χ4n) is 0.776. The average Bonchev–Trinajstić information content (AvgIpc) is 2.63. The molecule has 14 heavy (non-hydrogen) atoms. The highest BCUT2D eigenvalue weighted by atomic mass is 16.7. The van der Waals surface area contributed by atoms with E-state index < -0.39 is 5.97 Å². The van der Waals surface area contributed by atoms with Gasteiger partial charge in [0, 0.05) is 0 Å². The molecular weight excluding hydrogens is 188 g/mol. The van der Waals surface area contributed by atoms with Gasteiger partial charge in [0.1, 0.15) is 12.4 Å². The number of carbonyl (C=O) groups is 1. The highest BCUT2D eigenvalue weighted by Gasteiger charge is 2.04. The SMILES string of the molecule is N#Cc1ncn(CCC(=O)ONN)n1. The van der Waals surface area contributed by atoms with Crippen molar-refractivity contribution in [1.82, 2.24) is 20.4 Å². The van der Waals surface area contributed by atoms with Crippen molar-refractivity contribution < 1.29 is 9.63 Å². The summed E-state index contributed by atoms with van der Waals surface area (Å²) in [7, 11) is 0. The lowest BCUT2D eigenvalue weighted by Crippen LogP contribution is -2.26. The van der Waals surface area contributed by atoms with Gasteiger partial charge in [-0.1, -0.05) is 5.59 Å². The summed E-state index contributed by atoms with van der Waals surface area (Å²) in [4.78, 5) is 18.7. The fraction of sp³-hybridized carbons (Fsp3) is 0.333. The van der Waals surface area contributed by atoms with E-state index in [1.165, 1.54) is 11.0 Å². The van der Waals surface area contributed by atoms with E-state index in [1.54, 1.807) is 11.7 Å². The number of carbonyl (C=O) groups excluding carboxylic acids is 1. The number of nitrogens with two attached hydrogens (primary N) is 1. The first-order valence-electron chi connectivity index (χ1n) is 3.71. The Morgan fingerprint density at radius 2 is 2.64 bits per heavy atom. The first kappa shape index (κ1) is 10.1. The molecule has 0 aliphatic rings. The zero-order valence-electron chi connectivity index (χ0n) is 7.17. The molecule has 0 spiro atoms. The van der Waals surface area contributed by atoms with Crippen LogP contribution < -0.4 is 11.4 Å². The number of nitriles is 1. The van der Waals surface area contributed by atoms with Gasteiger partial charge in [0.25, 0.3) is 5.82 Å². The van der Waals surface area contributed by atoms with E-state index >= 15 is 0 Å². The Morgan fingerprint density at radius 3 is 3.21 bits per heavy atom. The van der Waals surface area contributed by atoms with Crippen molar-refractivity contribution in [3.8, 4) is 6.07 Å². The van der Waals surface area contributed by atoms with Crippen LogP contribution in [0.5, 0.6) is 0 Å². The molecule has 74 valence electrons. The van der Waals surface area contributed by atoms with Crippen LogP contribution in [0, 0.1) is 11.3 Å². The van der Waals surface area contributed by atoms with Crippen LogP contribution in [-0.2, 0) is 16.2 Å². The van der Waals surface area contributed by atoms with E-state index in [-0.39, 0.29) is 18.8 Å². The molecule has 0 amide bonds. The van der Waals surface area contributed by atoms with E-state index in [1.807, 2.05) is 0 Å². The van der Waals surface area contributed by atoms with Crippen molar-refractivity contribution in [2.24, 2.45) is 5.84 Å². The van der Waals surface area contributed by atoms with Gasteiger partial charge in [0.2, 0.25) is 0 Å². The first-order valence-corrected chi connectivity index (χ1v) is 3.71. The topological polar surface area (TPSA) is 119 Å². The number of nitrogens with one attached hydrogen (secondary N) is 1. The summed E-state index contributed by atoms with van der Waals surface area (Å²) < 4.78 is 1.37. The van der Waals surface area contributed by atoms with E-state index in [4.69, 9.17) is 11.1 Å². The number of aromatic nitrogens is 3. The van der Waals surface area contributed by atoms with Crippen LogP contribution in [0.2, 0.25) is 0 Å². The van der Waals surface area contributed by atoms with Crippen molar-refractivity contribution in [2.75, 3.05) is 0 Å². The standard InChI is InChI=1S/C6H8N6O2/c7-3-5-9-4-12(10-5)2-1-6(13)14-11-8/h4,11H,1-2,8H2. The minimum absolute atomic E-state index is 0.0651. The number of rotatable bonds is 4. The molecule has 1 aromatic rings. The molecule has 0 fully saturated rings. The van der Waals surface area contributed by atoms with Crippen LogP contribution in [0.25, 0.3) is 0 Å². The molecule has 0 aliphatic heterocycles. The molecule has 0 aromatic carbocycles. The zero-order chi connectivity index (χ0) is 10.4. The molecule has 1 rings (SSSR count). The third-order valence-electron chi connectivity index (χ3n) is 1.35. The van der Waals surface area contributed by atoms with Crippen LogP contribution in [0.3, 0.4) is 0 Å². The van der Waals surface area contributed by atoms with Crippen LogP contribution in [-0.4, -0.2) is 20.7 Å².